The van der Waals surface area contributed by atoms with Gasteiger partial charge in [0.2, 0.25) is 5.91 Å². The first-order valence-corrected chi connectivity index (χ1v) is 12.9. The van der Waals surface area contributed by atoms with E-state index in [9.17, 15) is 9.59 Å². The van der Waals surface area contributed by atoms with Gasteiger partial charge in [-0.2, -0.15) is 0 Å². The van der Waals surface area contributed by atoms with Crippen molar-refractivity contribution in [1.29, 1.82) is 0 Å². The fraction of sp³-hybridized carbons (Fsp3) is 0.400. The van der Waals surface area contributed by atoms with Gasteiger partial charge in [0.1, 0.15) is 5.54 Å². The molecular weight excluding hydrogens is 470 g/mol. The van der Waals surface area contributed by atoms with Crippen LogP contribution in [0.5, 0.6) is 0 Å². The highest BCUT2D eigenvalue weighted by Gasteiger charge is 2.47. The Balaban J connectivity index is 1.40. The maximum atomic E-state index is 13.5. The zero-order chi connectivity index (χ0) is 23.7. The Morgan fingerprint density at radius 1 is 1.21 bits per heavy atom. The van der Waals surface area contributed by atoms with Crippen LogP contribution in [0.25, 0.3) is 11.4 Å². The first-order chi connectivity index (χ1) is 16.5. The van der Waals surface area contributed by atoms with Gasteiger partial charge < -0.3 is 4.90 Å². The predicted octanol–water partition coefficient (Wildman–Crippen LogP) is 4.92. The topological polar surface area (TPSA) is 81.0 Å². The summed E-state index contributed by atoms with van der Waals surface area (Å²) in [6.07, 6.45) is 8.36. The van der Waals surface area contributed by atoms with Crippen molar-refractivity contribution in [3.05, 3.63) is 59.4 Å². The summed E-state index contributed by atoms with van der Waals surface area (Å²) in [7, 11) is 1.72. The summed E-state index contributed by atoms with van der Waals surface area (Å²) in [5.41, 5.74) is 0.587. The lowest BCUT2D eigenvalue weighted by Crippen LogP contribution is -2.54. The molecule has 0 radical (unpaired) electrons. The van der Waals surface area contributed by atoms with Crippen LogP contribution in [0.4, 0.5) is 0 Å². The Morgan fingerprint density at radius 2 is 2.03 bits per heavy atom. The van der Waals surface area contributed by atoms with Gasteiger partial charge in [-0.15, -0.1) is 10.2 Å². The Hall–Kier alpha value is -2.71. The molecule has 1 aromatic carbocycles. The van der Waals surface area contributed by atoms with Crippen LogP contribution in [0, 0.1) is 0 Å². The van der Waals surface area contributed by atoms with E-state index in [0.717, 1.165) is 37.1 Å². The molecule has 0 unspecified atom stereocenters. The zero-order valence-electron chi connectivity index (χ0n) is 19.0. The average molecular weight is 496 g/mol. The van der Waals surface area contributed by atoms with Crippen LogP contribution in [-0.4, -0.2) is 49.1 Å². The number of hydrogen-bond donors (Lipinski definition) is 0. The van der Waals surface area contributed by atoms with Gasteiger partial charge in [-0.05, 0) is 50.3 Å². The predicted molar refractivity (Wildman–Crippen MR) is 132 cm³/mol. The summed E-state index contributed by atoms with van der Waals surface area (Å²) in [5, 5.41) is 10.0. The van der Waals surface area contributed by atoms with Gasteiger partial charge >= 0.3 is 0 Å². The van der Waals surface area contributed by atoms with Gasteiger partial charge in [0.15, 0.2) is 16.8 Å². The zero-order valence-corrected chi connectivity index (χ0v) is 20.6. The maximum Gasteiger partial charge on any atom is 0.233 e. The number of amides is 1. The highest BCUT2D eigenvalue weighted by Crippen LogP contribution is 2.43. The number of likely N-dealkylation sites (N-methyl/N-ethyl adjacent to an activating group) is 1. The van der Waals surface area contributed by atoms with E-state index < -0.39 is 5.54 Å². The number of Topliss-reactive ketones (excluding diaryl/α,β-unsaturated/α-hetero) is 1. The van der Waals surface area contributed by atoms with Crippen molar-refractivity contribution in [3.8, 4) is 11.4 Å². The van der Waals surface area contributed by atoms with Gasteiger partial charge in [0, 0.05) is 48.1 Å². The number of carbonyl (C=O) groups excluding carboxylic acids is 2. The molecule has 2 fully saturated rings. The van der Waals surface area contributed by atoms with E-state index in [1.54, 1.807) is 30.4 Å². The Morgan fingerprint density at radius 3 is 2.74 bits per heavy atom. The molecular formula is C25H26ClN5O2S. The number of benzene rings is 1. The Labute approximate surface area is 207 Å². The van der Waals surface area contributed by atoms with E-state index in [4.69, 9.17) is 11.6 Å². The second-order valence-corrected chi connectivity index (χ2v) is 10.2. The lowest BCUT2D eigenvalue weighted by Gasteiger charge is -2.44. The molecule has 3 aromatic rings. The molecule has 1 atom stereocenters. The number of carbonyl (C=O) groups is 2. The molecule has 0 N–H and O–H groups in total. The highest BCUT2D eigenvalue weighted by molar-refractivity contribution is 7.99. The average Bonchev–Trinajstić information content (AvgIpc) is 3.62. The molecule has 9 heteroatoms. The minimum atomic E-state index is -1.03. The third-order valence-corrected chi connectivity index (χ3v) is 8.00. The summed E-state index contributed by atoms with van der Waals surface area (Å²) >= 11 is 7.90. The molecule has 7 nitrogen and oxygen atoms in total. The van der Waals surface area contributed by atoms with Crippen molar-refractivity contribution in [3.63, 3.8) is 0 Å². The molecule has 0 aliphatic heterocycles. The molecule has 0 saturated heterocycles. The van der Waals surface area contributed by atoms with Crippen LogP contribution in [0.3, 0.4) is 0 Å². The third-order valence-electron chi connectivity index (χ3n) is 6.74. The van der Waals surface area contributed by atoms with E-state index in [-0.39, 0.29) is 17.4 Å². The number of nitrogens with zero attached hydrogens (tertiary/aromatic N) is 5. The first-order valence-electron chi connectivity index (χ1n) is 11.6. The SMILES string of the molecule is CN(C(=O)CSc1nnc(-c2cccnc2)n1C1CC1)[C@]1(c2ccccc2Cl)CCCCC1=O. The summed E-state index contributed by atoms with van der Waals surface area (Å²) < 4.78 is 2.12. The second kappa shape index (κ2) is 9.50. The van der Waals surface area contributed by atoms with Crippen molar-refractivity contribution in [2.45, 2.75) is 55.3 Å². The van der Waals surface area contributed by atoms with E-state index in [2.05, 4.69) is 19.7 Å². The van der Waals surface area contributed by atoms with Crippen molar-refractivity contribution >= 4 is 35.1 Å². The van der Waals surface area contributed by atoms with Gasteiger partial charge in [-0.25, -0.2) is 0 Å². The number of rotatable bonds is 7. The van der Waals surface area contributed by atoms with Crippen LogP contribution < -0.4 is 0 Å². The van der Waals surface area contributed by atoms with E-state index in [0.29, 0.717) is 34.6 Å². The largest absolute Gasteiger partial charge is 0.328 e. The van der Waals surface area contributed by atoms with Crippen molar-refractivity contribution in [2.24, 2.45) is 0 Å². The minimum Gasteiger partial charge on any atom is -0.328 e. The minimum absolute atomic E-state index is 0.0488. The molecule has 2 saturated carbocycles. The fourth-order valence-electron chi connectivity index (χ4n) is 4.79. The first kappa shape index (κ1) is 23.1. The number of thioether (sulfide) groups is 1. The van der Waals surface area contributed by atoms with Crippen LogP contribution in [-0.2, 0) is 15.1 Å². The number of hydrogen-bond acceptors (Lipinski definition) is 6. The number of ketones is 1. The van der Waals surface area contributed by atoms with Crippen molar-refractivity contribution < 1.29 is 9.59 Å². The number of halogens is 1. The molecule has 0 spiro atoms. The highest BCUT2D eigenvalue weighted by atomic mass is 35.5. The molecule has 2 heterocycles. The van der Waals surface area contributed by atoms with Crippen molar-refractivity contribution in [1.82, 2.24) is 24.6 Å². The molecule has 176 valence electrons. The van der Waals surface area contributed by atoms with Crippen LogP contribution >= 0.6 is 23.4 Å². The maximum absolute atomic E-state index is 13.5. The summed E-state index contributed by atoms with van der Waals surface area (Å²) in [4.78, 5) is 32.6. The molecule has 5 rings (SSSR count). The molecule has 2 aromatic heterocycles. The molecule has 2 aliphatic rings. The lowest BCUT2D eigenvalue weighted by atomic mass is 9.74. The normalized spacial score (nSPS) is 20.4. The quantitative estimate of drug-likeness (QED) is 0.433. The van der Waals surface area contributed by atoms with Crippen molar-refractivity contribution in [2.75, 3.05) is 12.8 Å². The summed E-state index contributed by atoms with van der Waals surface area (Å²) in [6, 6.07) is 11.5. The molecule has 2 aliphatic carbocycles. The Bertz CT molecular complexity index is 1210. The summed E-state index contributed by atoms with van der Waals surface area (Å²) in [6.45, 7) is 0. The second-order valence-electron chi connectivity index (χ2n) is 8.86. The van der Waals surface area contributed by atoms with Crippen LogP contribution in [0.15, 0.2) is 53.9 Å². The van der Waals surface area contributed by atoms with E-state index in [1.807, 2.05) is 30.3 Å². The number of pyridine rings is 1. The van der Waals surface area contributed by atoms with Gasteiger partial charge in [0.25, 0.3) is 0 Å². The Kier molecular flexibility index (Phi) is 6.44. The summed E-state index contributed by atoms with van der Waals surface area (Å²) in [5.74, 6) is 0.850. The van der Waals surface area contributed by atoms with Gasteiger partial charge in [0.05, 0.1) is 5.75 Å². The van der Waals surface area contributed by atoms with Gasteiger partial charge in [-0.3, -0.25) is 19.1 Å². The standard InChI is InChI=1S/C25H26ClN5O2S/c1-30(25(13-5-4-10-21(25)32)19-8-2-3-9-20(19)26)22(33)16-34-24-29-28-23(31(24)18-11-12-18)17-7-6-14-27-15-17/h2-3,6-9,14-15,18H,4-5,10-13,16H2,1H3/t25-/m0/s1. The molecule has 34 heavy (non-hydrogen) atoms. The third kappa shape index (κ3) is 4.14. The number of aromatic nitrogens is 4. The van der Waals surface area contributed by atoms with Gasteiger partial charge in [-0.1, -0.05) is 41.6 Å². The van der Waals surface area contributed by atoms with Crippen LogP contribution in [0.2, 0.25) is 5.02 Å². The molecule has 1 amide bonds. The van der Waals surface area contributed by atoms with E-state index >= 15 is 0 Å². The fourth-order valence-corrected chi connectivity index (χ4v) is 6.01. The lowest BCUT2D eigenvalue weighted by molar-refractivity contribution is -0.146. The molecule has 0 bridgehead atoms. The van der Waals surface area contributed by atoms with Crippen LogP contribution in [0.1, 0.15) is 50.1 Å². The monoisotopic (exact) mass is 495 g/mol. The van der Waals surface area contributed by atoms with E-state index in [1.165, 1.54) is 11.8 Å². The smallest absolute Gasteiger partial charge is 0.233 e.